The van der Waals surface area contributed by atoms with Gasteiger partial charge in [-0.3, -0.25) is 4.79 Å². The Labute approximate surface area is 134 Å². The van der Waals surface area contributed by atoms with Crippen LogP contribution in [0.5, 0.6) is 0 Å². The Bertz CT molecular complexity index is 595. The molecule has 0 heterocycles. The highest BCUT2D eigenvalue weighted by Gasteiger charge is 2.58. The standard InChI is InChI=1S/C21H28O/c1-4-14-9-11-17-16-10-8-15-7-5-6-12-20(15,2)19(16)18(22)13-21(14,17)3/h4,9,11,15-16,19H,1,5-8,10,12-13H2,2-3H3/t15?,16-,19+,20-,21+/m0/s1. The number of ketones is 1. The third-order valence-electron chi connectivity index (χ3n) is 7.60. The van der Waals surface area contributed by atoms with E-state index in [1.54, 1.807) is 0 Å². The molecule has 0 radical (unpaired) electrons. The van der Waals surface area contributed by atoms with Gasteiger partial charge in [0.15, 0.2) is 0 Å². The molecule has 0 aromatic rings. The van der Waals surface area contributed by atoms with Crippen LogP contribution >= 0.6 is 0 Å². The summed E-state index contributed by atoms with van der Waals surface area (Å²) in [5.41, 5.74) is 3.00. The summed E-state index contributed by atoms with van der Waals surface area (Å²) in [6.45, 7) is 8.68. The van der Waals surface area contributed by atoms with Crippen LogP contribution in [0.15, 0.2) is 36.0 Å². The van der Waals surface area contributed by atoms with Gasteiger partial charge < -0.3 is 0 Å². The van der Waals surface area contributed by atoms with Gasteiger partial charge in [0.2, 0.25) is 0 Å². The molecule has 0 spiro atoms. The first-order chi connectivity index (χ1) is 10.5. The lowest BCUT2D eigenvalue weighted by Gasteiger charge is -2.57. The molecule has 0 aromatic carbocycles. The summed E-state index contributed by atoms with van der Waals surface area (Å²) in [5, 5.41) is 0. The molecule has 3 saturated carbocycles. The average molecular weight is 296 g/mol. The minimum Gasteiger partial charge on any atom is -0.299 e. The van der Waals surface area contributed by atoms with Crippen molar-refractivity contribution in [2.75, 3.05) is 0 Å². The summed E-state index contributed by atoms with van der Waals surface area (Å²) in [4.78, 5) is 13.2. The third-order valence-corrected chi connectivity index (χ3v) is 7.60. The summed E-state index contributed by atoms with van der Waals surface area (Å²) in [5.74, 6) is 2.08. The second kappa shape index (κ2) is 4.69. The topological polar surface area (TPSA) is 17.1 Å². The normalized spacial score (nSPS) is 47.0. The van der Waals surface area contributed by atoms with Gasteiger partial charge in [0.1, 0.15) is 5.78 Å². The van der Waals surface area contributed by atoms with Crippen molar-refractivity contribution in [2.24, 2.45) is 28.6 Å². The predicted octanol–water partition coefficient (Wildman–Crippen LogP) is 5.24. The fourth-order valence-electron chi connectivity index (χ4n) is 6.45. The molecule has 0 amide bonds. The van der Waals surface area contributed by atoms with Gasteiger partial charge in [-0.25, -0.2) is 0 Å². The van der Waals surface area contributed by atoms with E-state index >= 15 is 0 Å². The minimum atomic E-state index is -0.0577. The Morgan fingerprint density at radius 3 is 2.77 bits per heavy atom. The molecule has 0 N–H and O–H groups in total. The van der Waals surface area contributed by atoms with Crippen LogP contribution in [0.3, 0.4) is 0 Å². The number of fused-ring (bicyclic) bond motifs is 5. The van der Waals surface area contributed by atoms with E-state index < -0.39 is 0 Å². The fourth-order valence-corrected chi connectivity index (χ4v) is 6.45. The molecule has 3 fully saturated rings. The van der Waals surface area contributed by atoms with E-state index in [1.165, 1.54) is 49.7 Å². The van der Waals surface area contributed by atoms with Crippen LogP contribution in [0.1, 0.15) is 58.8 Å². The van der Waals surface area contributed by atoms with E-state index in [9.17, 15) is 4.79 Å². The summed E-state index contributed by atoms with van der Waals surface area (Å²) in [6.07, 6.45) is 15.0. The van der Waals surface area contributed by atoms with Gasteiger partial charge in [0.05, 0.1) is 0 Å². The molecule has 0 aromatic heterocycles. The second-order valence-electron chi connectivity index (χ2n) is 8.53. The molecule has 1 unspecified atom stereocenters. The van der Waals surface area contributed by atoms with Gasteiger partial charge in [-0.15, -0.1) is 0 Å². The van der Waals surface area contributed by atoms with Crippen molar-refractivity contribution in [1.29, 1.82) is 0 Å². The largest absolute Gasteiger partial charge is 0.299 e. The van der Waals surface area contributed by atoms with E-state index in [1.807, 2.05) is 6.08 Å². The smallest absolute Gasteiger partial charge is 0.138 e. The highest BCUT2D eigenvalue weighted by atomic mass is 16.1. The monoisotopic (exact) mass is 296 g/mol. The Morgan fingerprint density at radius 1 is 1.18 bits per heavy atom. The van der Waals surface area contributed by atoms with Crippen LogP contribution in [0, 0.1) is 28.6 Å². The Hall–Kier alpha value is -1.11. The molecule has 1 nitrogen and oxygen atoms in total. The molecular formula is C21H28O. The van der Waals surface area contributed by atoms with Gasteiger partial charge in [-0.05, 0) is 48.5 Å². The first kappa shape index (κ1) is 14.5. The maximum absolute atomic E-state index is 13.2. The van der Waals surface area contributed by atoms with Crippen molar-refractivity contribution in [3.05, 3.63) is 36.0 Å². The molecule has 1 heteroatoms. The number of carbonyl (C=O) groups is 1. The highest BCUT2D eigenvalue weighted by molar-refractivity contribution is 5.87. The summed E-state index contributed by atoms with van der Waals surface area (Å²) in [7, 11) is 0. The molecule has 4 rings (SSSR count). The zero-order chi connectivity index (χ0) is 15.5. The van der Waals surface area contributed by atoms with Gasteiger partial charge in [-0.1, -0.05) is 57.1 Å². The van der Waals surface area contributed by atoms with Crippen molar-refractivity contribution in [3.8, 4) is 0 Å². The quantitative estimate of drug-likeness (QED) is 0.646. The summed E-state index contributed by atoms with van der Waals surface area (Å²) >= 11 is 0. The van der Waals surface area contributed by atoms with Gasteiger partial charge >= 0.3 is 0 Å². The second-order valence-corrected chi connectivity index (χ2v) is 8.53. The van der Waals surface area contributed by atoms with Crippen molar-refractivity contribution < 1.29 is 4.79 Å². The molecule has 118 valence electrons. The first-order valence-electron chi connectivity index (χ1n) is 9.09. The minimum absolute atomic E-state index is 0.0577. The zero-order valence-electron chi connectivity index (χ0n) is 14.0. The van der Waals surface area contributed by atoms with E-state index in [0.717, 1.165) is 5.92 Å². The maximum Gasteiger partial charge on any atom is 0.138 e. The number of allylic oxidation sites excluding steroid dienone is 5. The molecule has 5 atom stereocenters. The molecule has 0 aliphatic heterocycles. The fraction of sp³-hybridized carbons (Fsp3) is 0.667. The molecule has 4 aliphatic carbocycles. The van der Waals surface area contributed by atoms with Crippen molar-refractivity contribution in [1.82, 2.24) is 0 Å². The Balaban J connectivity index is 1.75. The molecule has 0 saturated heterocycles. The zero-order valence-corrected chi connectivity index (χ0v) is 14.0. The van der Waals surface area contributed by atoms with Crippen molar-refractivity contribution in [3.63, 3.8) is 0 Å². The molecule has 22 heavy (non-hydrogen) atoms. The van der Waals surface area contributed by atoms with Gasteiger partial charge in [-0.2, -0.15) is 0 Å². The van der Waals surface area contributed by atoms with Gasteiger partial charge in [0.25, 0.3) is 0 Å². The molecule has 0 bridgehead atoms. The Morgan fingerprint density at radius 2 is 2.00 bits per heavy atom. The molecular weight excluding hydrogens is 268 g/mol. The van der Waals surface area contributed by atoms with Crippen molar-refractivity contribution >= 4 is 5.78 Å². The van der Waals surface area contributed by atoms with E-state index in [2.05, 4.69) is 32.6 Å². The lowest BCUT2D eigenvalue weighted by molar-refractivity contribution is -0.141. The van der Waals surface area contributed by atoms with E-state index in [4.69, 9.17) is 0 Å². The maximum atomic E-state index is 13.2. The van der Waals surface area contributed by atoms with Gasteiger partial charge in [0, 0.05) is 17.8 Å². The van der Waals surface area contributed by atoms with E-state index in [0.29, 0.717) is 18.1 Å². The number of hydrogen-bond acceptors (Lipinski definition) is 1. The number of Topliss-reactive ketones (excluding diaryl/α,β-unsaturated/α-hetero) is 1. The highest BCUT2D eigenvalue weighted by Crippen LogP contribution is 2.63. The van der Waals surface area contributed by atoms with Crippen LogP contribution < -0.4 is 0 Å². The SMILES string of the molecule is C=CC1=CC=C2[C@@H]3CCC4CCCC[C@]4(C)[C@H]3C(=O)C[C@]12C. The Kier molecular flexibility index (Phi) is 3.09. The summed E-state index contributed by atoms with van der Waals surface area (Å²) in [6, 6.07) is 0. The lowest BCUT2D eigenvalue weighted by atomic mass is 9.46. The van der Waals surface area contributed by atoms with Crippen LogP contribution in [0.25, 0.3) is 0 Å². The van der Waals surface area contributed by atoms with E-state index in [-0.39, 0.29) is 16.7 Å². The summed E-state index contributed by atoms with van der Waals surface area (Å²) < 4.78 is 0. The first-order valence-corrected chi connectivity index (χ1v) is 9.09. The number of carbonyl (C=O) groups excluding carboxylic acids is 1. The van der Waals surface area contributed by atoms with Crippen LogP contribution in [-0.2, 0) is 4.79 Å². The lowest BCUT2D eigenvalue weighted by Crippen LogP contribution is -2.54. The van der Waals surface area contributed by atoms with Crippen LogP contribution in [0.4, 0.5) is 0 Å². The number of rotatable bonds is 1. The predicted molar refractivity (Wildman–Crippen MR) is 90.4 cm³/mol. The van der Waals surface area contributed by atoms with Crippen LogP contribution in [0.2, 0.25) is 0 Å². The van der Waals surface area contributed by atoms with Crippen LogP contribution in [-0.4, -0.2) is 5.78 Å². The molecule has 4 aliphatic rings. The third kappa shape index (κ3) is 1.69. The number of hydrogen-bond donors (Lipinski definition) is 0. The van der Waals surface area contributed by atoms with Crippen molar-refractivity contribution in [2.45, 2.75) is 58.8 Å². The average Bonchev–Trinajstić information content (AvgIpc) is 2.82.